The van der Waals surface area contributed by atoms with Gasteiger partial charge in [0.05, 0.1) is 21.2 Å². The summed E-state index contributed by atoms with van der Waals surface area (Å²) >= 11 is 12.1. The molecule has 0 aliphatic heterocycles. The average molecular weight is 453 g/mol. The minimum absolute atomic E-state index is 0.144. The van der Waals surface area contributed by atoms with E-state index in [4.69, 9.17) is 23.2 Å². The predicted molar refractivity (Wildman–Crippen MR) is 110 cm³/mol. The van der Waals surface area contributed by atoms with Crippen molar-refractivity contribution in [1.29, 1.82) is 0 Å². The summed E-state index contributed by atoms with van der Waals surface area (Å²) in [5.74, 6) is -0.675. The molecule has 0 spiro atoms. The second-order valence-corrected chi connectivity index (χ2v) is 6.97. The summed E-state index contributed by atoms with van der Waals surface area (Å²) in [7, 11) is 0. The minimum Gasteiger partial charge on any atom is -0.308 e. The zero-order valence-electron chi connectivity index (χ0n) is 15.1. The van der Waals surface area contributed by atoms with Crippen molar-refractivity contribution >= 4 is 40.8 Å². The van der Waals surface area contributed by atoms with E-state index in [0.717, 1.165) is 12.1 Å². The molecule has 0 radical (unpaired) electrons. The van der Waals surface area contributed by atoms with Crippen LogP contribution in [-0.4, -0.2) is 11.9 Å². The Morgan fingerprint density at radius 2 is 1.50 bits per heavy atom. The summed E-state index contributed by atoms with van der Waals surface area (Å²) in [6.07, 6.45) is -4.43. The second kappa shape index (κ2) is 8.77. The van der Waals surface area contributed by atoms with Crippen LogP contribution in [0.25, 0.3) is 11.1 Å². The number of halogens is 5. The van der Waals surface area contributed by atoms with Gasteiger partial charge in [0.1, 0.15) is 0 Å². The molecule has 30 heavy (non-hydrogen) atoms. The Kier molecular flexibility index (Phi) is 6.34. The van der Waals surface area contributed by atoms with Gasteiger partial charge in [-0.25, -0.2) is 4.79 Å². The van der Waals surface area contributed by atoms with Gasteiger partial charge >= 0.3 is 12.2 Å². The maximum absolute atomic E-state index is 12.7. The van der Waals surface area contributed by atoms with Crippen molar-refractivity contribution in [2.45, 2.75) is 6.18 Å². The molecule has 2 N–H and O–H groups in total. The van der Waals surface area contributed by atoms with Crippen LogP contribution in [-0.2, 0) is 6.18 Å². The first-order chi connectivity index (χ1) is 14.1. The van der Waals surface area contributed by atoms with Gasteiger partial charge in [0.15, 0.2) is 0 Å². The summed E-state index contributed by atoms with van der Waals surface area (Å²) in [6.45, 7) is 0. The Balaban J connectivity index is 1.70. The first-order valence-electron chi connectivity index (χ1n) is 8.49. The van der Waals surface area contributed by atoms with Crippen LogP contribution in [0.5, 0.6) is 0 Å². The molecule has 3 rings (SSSR count). The zero-order chi connectivity index (χ0) is 21.9. The Bertz CT molecular complexity index is 1100. The molecule has 0 bridgehead atoms. The van der Waals surface area contributed by atoms with E-state index in [1.807, 2.05) is 0 Å². The standard InChI is InChI=1S/C21H13Cl2F3N2O2/c22-17-4-2-1-3-16(17)19(29)28-20(30)27-14-9-10-15(18(23)11-14)12-5-7-13(8-6-12)21(24,25)26/h1-11H,(H2,27,28,29,30). The number of hydrogen-bond donors (Lipinski definition) is 2. The predicted octanol–water partition coefficient (Wildman–Crippen LogP) is 6.64. The largest absolute Gasteiger partial charge is 0.416 e. The van der Waals surface area contributed by atoms with E-state index in [1.165, 1.54) is 36.4 Å². The van der Waals surface area contributed by atoms with E-state index in [0.29, 0.717) is 16.8 Å². The van der Waals surface area contributed by atoms with Crippen LogP contribution < -0.4 is 10.6 Å². The van der Waals surface area contributed by atoms with Crippen LogP contribution >= 0.6 is 23.2 Å². The van der Waals surface area contributed by atoms with E-state index < -0.39 is 23.7 Å². The highest BCUT2D eigenvalue weighted by Crippen LogP contribution is 2.34. The number of alkyl halides is 3. The molecule has 0 unspecified atom stereocenters. The van der Waals surface area contributed by atoms with Gasteiger partial charge in [-0.2, -0.15) is 13.2 Å². The topological polar surface area (TPSA) is 58.2 Å². The molecule has 0 heterocycles. The maximum Gasteiger partial charge on any atom is 0.416 e. The van der Waals surface area contributed by atoms with Crippen molar-refractivity contribution in [3.8, 4) is 11.1 Å². The minimum atomic E-state index is -4.43. The number of urea groups is 1. The lowest BCUT2D eigenvalue weighted by Crippen LogP contribution is -2.34. The summed E-state index contributed by atoms with van der Waals surface area (Å²) in [5, 5.41) is 5.03. The van der Waals surface area contributed by atoms with Crippen LogP contribution in [0.2, 0.25) is 10.0 Å². The van der Waals surface area contributed by atoms with Crippen LogP contribution in [0.4, 0.5) is 23.7 Å². The summed E-state index contributed by atoms with van der Waals surface area (Å²) in [5.41, 5.74) is 0.645. The first kappa shape index (κ1) is 21.7. The Morgan fingerprint density at radius 3 is 2.10 bits per heavy atom. The third-order valence-corrected chi connectivity index (χ3v) is 4.74. The normalized spacial score (nSPS) is 11.1. The lowest BCUT2D eigenvalue weighted by atomic mass is 10.0. The van der Waals surface area contributed by atoms with Gasteiger partial charge in [0.2, 0.25) is 0 Å². The molecular weight excluding hydrogens is 440 g/mol. The number of carbonyl (C=O) groups is 2. The Hall–Kier alpha value is -3.03. The smallest absolute Gasteiger partial charge is 0.308 e. The number of nitrogens with one attached hydrogen (secondary N) is 2. The number of anilines is 1. The highest BCUT2D eigenvalue weighted by molar-refractivity contribution is 6.34. The summed E-state index contributed by atoms with van der Waals surface area (Å²) in [4.78, 5) is 24.2. The van der Waals surface area contributed by atoms with Gasteiger partial charge in [0, 0.05) is 11.3 Å². The van der Waals surface area contributed by atoms with E-state index in [-0.39, 0.29) is 15.6 Å². The molecule has 9 heteroatoms. The van der Waals surface area contributed by atoms with Crippen LogP contribution in [0, 0.1) is 0 Å². The first-order valence-corrected chi connectivity index (χ1v) is 9.25. The Morgan fingerprint density at radius 1 is 0.833 bits per heavy atom. The van der Waals surface area contributed by atoms with Crippen molar-refractivity contribution in [2.24, 2.45) is 0 Å². The summed E-state index contributed by atoms with van der Waals surface area (Å²) in [6, 6.07) is 14.5. The summed E-state index contributed by atoms with van der Waals surface area (Å²) < 4.78 is 38.1. The third-order valence-electron chi connectivity index (χ3n) is 4.10. The van der Waals surface area contributed by atoms with Crippen LogP contribution in [0.1, 0.15) is 15.9 Å². The van der Waals surface area contributed by atoms with Gasteiger partial charge < -0.3 is 5.32 Å². The fraction of sp³-hybridized carbons (Fsp3) is 0.0476. The molecule has 0 aliphatic carbocycles. The van der Waals surface area contributed by atoms with Crippen LogP contribution in [0.3, 0.4) is 0 Å². The van der Waals surface area contributed by atoms with Crippen molar-refractivity contribution in [2.75, 3.05) is 5.32 Å². The van der Waals surface area contributed by atoms with Crippen molar-refractivity contribution in [1.82, 2.24) is 5.32 Å². The number of imide groups is 1. The lowest BCUT2D eigenvalue weighted by Gasteiger charge is -2.11. The molecule has 4 nitrogen and oxygen atoms in total. The molecule has 0 aromatic heterocycles. The van der Waals surface area contributed by atoms with Crippen molar-refractivity contribution < 1.29 is 22.8 Å². The quantitative estimate of drug-likeness (QED) is 0.467. The highest BCUT2D eigenvalue weighted by Gasteiger charge is 2.30. The SMILES string of the molecule is O=C(NC(=O)c1ccccc1Cl)Nc1ccc(-c2ccc(C(F)(F)F)cc2)c(Cl)c1. The van der Waals surface area contributed by atoms with Gasteiger partial charge in [0.25, 0.3) is 5.91 Å². The van der Waals surface area contributed by atoms with Crippen LogP contribution in [0.15, 0.2) is 66.7 Å². The lowest BCUT2D eigenvalue weighted by molar-refractivity contribution is -0.137. The van der Waals surface area contributed by atoms with E-state index in [1.54, 1.807) is 18.2 Å². The molecule has 3 amide bonds. The highest BCUT2D eigenvalue weighted by atomic mass is 35.5. The van der Waals surface area contributed by atoms with Gasteiger partial charge in [-0.05, 0) is 42.0 Å². The molecule has 0 saturated heterocycles. The number of hydrogen-bond acceptors (Lipinski definition) is 2. The number of rotatable bonds is 3. The van der Waals surface area contributed by atoms with E-state index >= 15 is 0 Å². The van der Waals surface area contributed by atoms with E-state index in [9.17, 15) is 22.8 Å². The molecule has 0 atom stereocenters. The number of benzene rings is 3. The molecular formula is C21H13Cl2F3N2O2. The molecule has 0 aliphatic rings. The van der Waals surface area contributed by atoms with Gasteiger partial charge in [-0.15, -0.1) is 0 Å². The molecule has 0 saturated carbocycles. The Labute approximate surface area is 179 Å². The fourth-order valence-electron chi connectivity index (χ4n) is 2.64. The molecule has 3 aromatic carbocycles. The fourth-order valence-corrected chi connectivity index (χ4v) is 3.16. The average Bonchev–Trinajstić information content (AvgIpc) is 2.67. The van der Waals surface area contributed by atoms with E-state index in [2.05, 4.69) is 10.6 Å². The molecule has 3 aromatic rings. The molecule has 154 valence electrons. The third kappa shape index (κ3) is 5.11. The molecule has 0 fully saturated rings. The zero-order valence-corrected chi connectivity index (χ0v) is 16.6. The van der Waals surface area contributed by atoms with Gasteiger partial charge in [-0.1, -0.05) is 53.5 Å². The van der Waals surface area contributed by atoms with Crippen molar-refractivity contribution in [3.63, 3.8) is 0 Å². The second-order valence-electron chi connectivity index (χ2n) is 6.16. The number of carbonyl (C=O) groups excluding carboxylic acids is 2. The number of amides is 3. The van der Waals surface area contributed by atoms with Crippen molar-refractivity contribution in [3.05, 3.63) is 87.9 Å². The van der Waals surface area contributed by atoms with Gasteiger partial charge in [-0.3, -0.25) is 10.1 Å². The maximum atomic E-state index is 12.7. The monoisotopic (exact) mass is 452 g/mol.